The quantitative estimate of drug-likeness (QED) is 0.893. The summed E-state index contributed by atoms with van der Waals surface area (Å²) in [5, 5.41) is 3.29. The zero-order chi connectivity index (χ0) is 13.8. The van der Waals surface area contributed by atoms with Crippen LogP contribution in [0.3, 0.4) is 0 Å². The molecule has 0 bridgehead atoms. The maximum Gasteiger partial charge on any atom is 0.0383 e. The van der Waals surface area contributed by atoms with Crippen LogP contribution in [0.5, 0.6) is 0 Å². The molecule has 0 spiro atoms. The van der Waals surface area contributed by atoms with Gasteiger partial charge in [0.05, 0.1) is 0 Å². The molecule has 0 aliphatic carbocycles. The molecule has 1 aromatic heterocycles. The Morgan fingerprint density at radius 1 is 1.21 bits per heavy atom. The maximum absolute atomic E-state index is 3.29. The van der Waals surface area contributed by atoms with Crippen molar-refractivity contribution in [2.24, 2.45) is 0 Å². The molecule has 0 aliphatic heterocycles. The Balaban J connectivity index is 2.24. The van der Waals surface area contributed by atoms with Gasteiger partial charge in [0, 0.05) is 22.3 Å². The molecule has 102 valence electrons. The molecule has 0 saturated carbocycles. The first-order valence-corrected chi connectivity index (χ1v) is 7.43. The number of thiophene rings is 1. The minimum Gasteiger partial charge on any atom is -0.313 e. The zero-order valence-electron chi connectivity index (χ0n) is 12.1. The van der Waals surface area contributed by atoms with E-state index in [-0.39, 0.29) is 0 Å². The lowest BCUT2D eigenvalue weighted by atomic mass is 10.1. The van der Waals surface area contributed by atoms with Gasteiger partial charge in [-0.25, -0.2) is 0 Å². The molecule has 2 nitrogen and oxygen atoms in total. The van der Waals surface area contributed by atoms with E-state index in [4.69, 9.17) is 0 Å². The Labute approximate surface area is 120 Å². The van der Waals surface area contributed by atoms with Crippen molar-refractivity contribution in [3.63, 3.8) is 0 Å². The number of hydrogen-bond acceptors (Lipinski definition) is 3. The summed E-state index contributed by atoms with van der Waals surface area (Å²) in [4.78, 5) is 4.93. The minimum atomic E-state index is 0.420. The first-order chi connectivity index (χ1) is 9.10. The highest BCUT2D eigenvalue weighted by molar-refractivity contribution is 7.15. The highest BCUT2D eigenvalue weighted by Crippen LogP contribution is 2.31. The average Bonchev–Trinajstić information content (AvgIpc) is 2.87. The molecular formula is C16H22N2S. The summed E-state index contributed by atoms with van der Waals surface area (Å²) in [6.07, 6.45) is 0. The third-order valence-electron chi connectivity index (χ3n) is 3.20. The van der Waals surface area contributed by atoms with Gasteiger partial charge in [-0.2, -0.15) is 0 Å². The van der Waals surface area contributed by atoms with E-state index in [1.165, 1.54) is 20.9 Å². The van der Waals surface area contributed by atoms with E-state index in [9.17, 15) is 0 Å². The fourth-order valence-corrected chi connectivity index (χ4v) is 3.14. The first-order valence-electron chi connectivity index (χ1n) is 6.61. The van der Waals surface area contributed by atoms with E-state index in [1.54, 1.807) is 0 Å². The van der Waals surface area contributed by atoms with Gasteiger partial charge in [-0.15, -0.1) is 11.3 Å². The monoisotopic (exact) mass is 274 g/mol. The molecular weight excluding hydrogens is 252 g/mol. The fourth-order valence-electron chi connectivity index (χ4n) is 2.07. The van der Waals surface area contributed by atoms with E-state index in [1.807, 2.05) is 18.4 Å². The summed E-state index contributed by atoms with van der Waals surface area (Å²) >= 11 is 1.87. The van der Waals surface area contributed by atoms with E-state index in [2.05, 4.69) is 67.6 Å². The second kappa shape index (κ2) is 6.33. The maximum atomic E-state index is 3.29. The van der Waals surface area contributed by atoms with Gasteiger partial charge >= 0.3 is 0 Å². The van der Waals surface area contributed by atoms with Crippen LogP contribution in [0.1, 0.15) is 23.4 Å². The third kappa shape index (κ3) is 3.66. The van der Waals surface area contributed by atoms with Gasteiger partial charge < -0.3 is 10.2 Å². The van der Waals surface area contributed by atoms with E-state index < -0.39 is 0 Å². The molecule has 2 aromatic rings. The molecule has 1 N–H and O–H groups in total. The van der Waals surface area contributed by atoms with Gasteiger partial charge in [0.2, 0.25) is 0 Å². The van der Waals surface area contributed by atoms with Crippen LogP contribution < -0.4 is 5.32 Å². The van der Waals surface area contributed by atoms with Crippen molar-refractivity contribution in [3.05, 3.63) is 46.8 Å². The van der Waals surface area contributed by atoms with Crippen molar-refractivity contribution in [1.82, 2.24) is 10.2 Å². The second-order valence-electron chi connectivity index (χ2n) is 5.15. The fraction of sp³-hybridized carbons (Fsp3) is 0.375. The number of hydrogen-bond donors (Lipinski definition) is 1. The van der Waals surface area contributed by atoms with Gasteiger partial charge in [-0.1, -0.05) is 18.2 Å². The van der Waals surface area contributed by atoms with Crippen LogP contribution in [0.2, 0.25) is 0 Å². The van der Waals surface area contributed by atoms with Crippen molar-refractivity contribution >= 4 is 11.3 Å². The Bertz CT molecular complexity index is 531. The van der Waals surface area contributed by atoms with Crippen LogP contribution >= 0.6 is 11.3 Å². The molecule has 1 aromatic carbocycles. The standard InChI is InChI=1S/C16H22N2S/c1-12(17-2)15-8-9-16(19-15)14-7-5-6-13(10-14)11-18(3)4/h5-10,12,17H,11H2,1-4H3. The lowest BCUT2D eigenvalue weighted by molar-refractivity contribution is 0.402. The van der Waals surface area contributed by atoms with Crippen LogP contribution in [0, 0.1) is 0 Å². The van der Waals surface area contributed by atoms with Crippen molar-refractivity contribution in [2.75, 3.05) is 21.1 Å². The van der Waals surface area contributed by atoms with Crippen LogP contribution in [-0.4, -0.2) is 26.0 Å². The van der Waals surface area contributed by atoms with Crippen LogP contribution in [0.4, 0.5) is 0 Å². The van der Waals surface area contributed by atoms with Crippen molar-refractivity contribution < 1.29 is 0 Å². The Morgan fingerprint density at radius 2 is 2.00 bits per heavy atom. The molecule has 1 unspecified atom stereocenters. The van der Waals surface area contributed by atoms with Crippen molar-refractivity contribution in [1.29, 1.82) is 0 Å². The molecule has 0 saturated heterocycles. The summed E-state index contributed by atoms with van der Waals surface area (Å²) in [5.74, 6) is 0. The highest BCUT2D eigenvalue weighted by Gasteiger charge is 2.08. The van der Waals surface area contributed by atoms with Crippen LogP contribution in [0.15, 0.2) is 36.4 Å². The number of nitrogens with zero attached hydrogens (tertiary/aromatic N) is 1. The lowest BCUT2D eigenvalue weighted by Crippen LogP contribution is -2.10. The summed E-state index contributed by atoms with van der Waals surface area (Å²) in [5.41, 5.74) is 2.68. The smallest absolute Gasteiger partial charge is 0.0383 e. The number of benzene rings is 1. The molecule has 0 aliphatic rings. The van der Waals surface area contributed by atoms with E-state index >= 15 is 0 Å². The Hall–Kier alpha value is -1.16. The number of nitrogens with one attached hydrogen (secondary N) is 1. The zero-order valence-corrected chi connectivity index (χ0v) is 12.9. The predicted octanol–water partition coefficient (Wildman–Crippen LogP) is 3.76. The second-order valence-corrected chi connectivity index (χ2v) is 6.27. The SMILES string of the molecule is CNC(C)c1ccc(-c2cccc(CN(C)C)c2)s1. The molecule has 0 amide bonds. The molecule has 0 fully saturated rings. The van der Waals surface area contributed by atoms with Gasteiger partial charge in [0.25, 0.3) is 0 Å². The normalized spacial score (nSPS) is 12.9. The van der Waals surface area contributed by atoms with Crippen molar-refractivity contribution in [3.8, 4) is 10.4 Å². The summed E-state index contributed by atoms with van der Waals surface area (Å²) in [6.45, 7) is 3.18. The molecule has 3 heteroatoms. The van der Waals surface area contributed by atoms with Crippen LogP contribution in [-0.2, 0) is 6.54 Å². The minimum absolute atomic E-state index is 0.420. The van der Waals surface area contributed by atoms with E-state index in [0.717, 1.165) is 6.54 Å². The lowest BCUT2D eigenvalue weighted by Gasteiger charge is -2.10. The van der Waals surface area contributed by atoms with Gasteiger partial charge in [0.1, 0.15) is 0 Å². The molecule has 19 heavy (non-hydrogen) atoms. The summed E-state index contributed by atoms with van der Waals surface area (Å²) in [7, 11) is 6.21. The third-order valence-corrected chi connectivity index (χ3v) is 4.51. The summed E-state index contributed by atoms with van der Waals surface area (Å²) < 4.78 is 0. The molecule has 1 heterocycles. The van der Waals surface area contributed by atoms with Gasteiger partial charge in [0.15, 0.2) is 0 Å². The molecule has 1 atom stereocenters. The Kier molecular flexibility index (Phi) is 4.75. The Morgan fingerprint density at radius 3 is 2.68 bits per heavy atom. The van der Waals surface area contributed by atoms with E-state index in [0.29, 0.717) is 6.04 Å². The number of rotatable bonds is 5. The first kappa shape index (κ1) is 14.3. The predicted molar refractivity (Wildman–Crippen MR) is 84.6 cm³/mol. The topological polar surface area (TPSA) is 15.3 Å². The largest absolute Gasteiger partial charge is 0.313 e. The molecule has 0 radical (unpaired) electrons. The molecule has 2 rings (SSSR count). The van der Waals surface area contributed by atoms with Crippen LogP contribution in [0.25, 0.3) is 10.4 Å². The highest BCUT2D eigenvalue weighted by atomic mass is 32.1. The van der Waals surface area contributed by atoms with Gasteiger partial charge in [-0.3, -0.25) is 0 Å². The summed E-state index contributed by atoms with van der Waals surface area (Å²) in [6, 6.07) is 13.7. The van der Waals surface area contributed by atoms with Crippen molar-refractivity contribution in [2.45, 2.75) is 19.5 Å². The van der Waals surface area contributed by atoms with Gasteiger partial charge in [-0.05, 0) is 57.4 Å². The average molecular weight is 274 g/mol.